The molecule has 2 aliphatic rings. The highest BCUT2D eigenvalue weighted by Gasteiger charge is 2.30. The van der Waals surface area contributed by atoms with Crippen LogP contribution >= 0.6 is 0 Å². The van der Waals surface area contributed by atoms with Crippen LogP contribution in [-0.2, 0) is 9.59 Å². The summed E-state index contributed by atoms with van der Waals surface area (Å²) in [4.78, 5) is 31.5. The average molecular weight is 367 g/mol. The molecule has 26 heavy (non-hydrogen) atoms. The Bertz CT molecular complexity index is 458. The summed E-state index contributed by atoms with van der Waals surface area (Å²) < 4.78 is 0. The average Bonchev–Trinajstić information content (AvgIpc) is 3.37. The second-order valence-electron chi connectivity index (χ2n) is 8.86. The summed E-state index contributed by atoms with van der Waals surface area (Å²) in [5.41, 5.74) is 0. The molecule has 0 aromatic carbocycles. The third-order valence-corrected chi connectivity index (χ3v) is 5.14. The Morgan fingerprint density at radius 3 is 1.96 bits per heavy atom. The lowest BCUT2D eigenvalue weighted by Crippen LogP contribution is -2.55. The monoisotopic (exact) mass is 366 g/mol. The maximum Gasteiger partial charge on any atom is 0.237 e. The number of rotatable bonds is 9. The topological polar surface area (TPSA) is 55.9 Å². The van der Waals surface area contributed by atoms with Crippen molar-refractivity contribution in [1.29, 1.82) is 0 Å². The first-order chi connectivity index (χ1) is 12.3. The lowest BCUT2D eigenvalue weighted by atomic mass is 10.1. The second-order valence-corrected chi connectivity index (χ2v) is 8.86. The lowest BCUT2D eigenvalue weighted by Gasteiger charge is -2.38. The molecule has 1 atom stereocenters. The summed E-state index contributed by atoms with van der Waals surface area (Å²) >= 11 is 0. The largest absolute Gasteiger partial charge is 0.352 e. The van der Waals surface area contributed by atoms with Crippen molar-refractivity contribution in [3.8, 4) is 0 Å². The minimum Gasteiger partial charge on any atom is -0.352 e. The fourth-order valence-corrected chi connectivity index (χ4v) is 3.48. The first-order valence-electron chi connectivity index (χ1n) is 10.3. The van der Waals surface area contributed by atoms with Gasteiger partial charge < -0.3 is 10.2 Å². The van der Waals surface area contributed by atoms with E-state index in [-0.39, 0.29) is 17.9 Å². The minimum atomic E-state index is -0.0770. The molecule has 2 fully saturated rings. The first kappa shape index (κ1) is 21.2. The summed E-state index contributed by atoms with van der Waals surface area (Å²) in [6.07, 6.45) is 2.25. The zero-order valence-corrected chi connectivity index (χ0v) is 17.3. The summed E-state index contributed by atoms with van der Waals surface area (Å²) in [6, 6.07) is 0.337. The number of nitrogens with zero attached hydrogens (tertiary/aromatic N) is 3. The molecule has 6 heteroatoms. The van der Waals surface area contributed by atoms with Gasteiger partial charge in [0.15, 0.2) is 0 Å². The van der Waals surface area contributed by atoms with E-state index in [1.165, 1.54) is 0 Å². The number of amides is 2. The van der Waals surface area contributed by atoms with Crippen molar-refractivity contribution >= 4 is 11.8 Å². The number of carbonyl (C=O) groups is 2. The molecule has 0 aromatic heterocycles. The van der Waals surface area contributed by atoms with Gasteiger partial charge >= 0.3 is 0 Å². The molecule has 1 aliphatic carbocycles. The maximum atomic E-state index is 12.7. The van der Waals surface area contributed by atoms with Gasteiger partial charge in [-0.15, -0.1) is 0 Å². The number of hydrogen-bond donors (Lipinski definition) is 1. The van der Waals surface area contributed by atoms with Gasteiger partial charge in [0.25, 0.3) is 0 Å². The van der Waals surface area contributed by atoms with Gasteiger partial charge in [-0.1, -0.05) is 27.7 Å². The molecule has 1 N–H and O–H groups in total. The molecule has 1 aliphatic heterocycles. The molecule has 0 aromatic rings. The third kappa shape index (κ3) is 6.88. The molecule has 0 radical (unpaired) electrons. The Labute approximate surface area is 159 Å². The van der Waals surface area contributed by atoms with Gasteiger partial charge in [-0.05, 0) is 31.6 Å². The van der Waals surface area contributed by atoms with Gasteiger partial charge in [0.1, 0.15) is 0 Å². The maximum absolute atomic E-state index is 12.7. The van der Waals surface area contributed by atoms with E-state index >= 15 is 0 Å². The molecular weight excluding hydrogens is 328 g/mol. The molecule has 1 heterocycles. The predicted molar refractivity (Wildman–Crippen MR) is 105 cm³/mol. The van der Waals surface area contributed by atoms with Crippen molar-refractivity contribution in [2.75, 3.05) is 45.8 Å². The fraction of sp³-hybridized carbons (Fsp3) is 0.900. The van der Waals surface area contributed by atoms with E-state index < -0.39 is 0 Å². The zero-order valence-electron chi connectivity index (χ0n) is 17.3. The standard InChI is InChI=1S/C20H38N4O2/c1-15(2)12-24(13-16(3)4)19(25)14-22-8-10-23(11-9-22)17(5)20(26)21-18-6-7-18/h15-18H,6-14H2,1-5H3,(H,21,26). The Balaban J connectivity index is 1.77. The highest BCUT2D eigenvalue weighted by molar-refractivity contribution is 5.82. The van der Waals surface area contributed by atoms with Gasteiger partial charge in [0.2, 0.25) is 11.8 Å². The van der Waals surface area contributed by atoms with Crippen molar-refractivity contribution in [2.45, 2.75) is 59.5 Å². The van der Waals surface area contributed by atoms with E-state index in [1.807, 2.05) is 11.8 Å². The van der Waals surface area contributed by atoms with E-state index in [9.17, 15) is 9.59 Å². The van der Waals surface area contributed by atoms with E-state index in [2.05, 4.69) is 42.8 Å². The van der Waals surface area contributed by atoms with Crippen LogP contribution in [0.3, 0.4) is 0 Å². The summed E-state index contributed by atoms with van der Waals surface area (Å²) in [5.74, 6) is 1.36. The van der Waals surface area contributed by atoms with Crippen LogP contribution in [0.1, 0.15) is 47.5 Å². The molecule has 1 saturated heterocycles. The van der Waals surface area contributed by atoms with Crippen molar-refractivity contribution in [3.05, 3.63) is 0 Å². The van der Waals surface area contributed by atoms with Gasteiger partial charge in [-0.3, -0.25) is 19.4 Å². The molecule has 1 unspecified atom stereocenters. The minimum absolute atomic E-state index is 0.0770. The number of piperazine rings is 1. The van der Waals surface area contributed by atoms with Gasteiger partial charge in [0.05, 0.1) is 12.6 Å². The second kappa shape index (κ2) is 9.70. The highest BCUT2D eigenvalue weighted by Crippen LogP contribution is 2.19. The summed E-state index contributed by atoms with van der Waals surface area (Å²) in [5, 5.41) is 3.09. The molecule has 0 spiro atoms. The van der Waals surface area contributed by atoms with Crippen molar-refractivity contribution < 1.29 is 9.59 Å². The normalized spacial score (nSPS) is 20.4. The van der Waals surface area contributed by atoms with E-state index in [4.69, 9.17) is 0 Å². The SMILES string of the molecule is CC(C)CN(CC(C)C)C(=O)CN1CCN(C(C)C(=O)NC2CC2)CC1. The van der Waals surface area contributed by atoms with Crippen molar-refractivity contribution in [1.82, 2.24) is 20.0 Å². The number of carbonyl (C=O) groups excluding carboxylic acids is 2. The fourth-order valence-electron chi connectivity index (χ4n) is 3.48. The molecule has 150 valence electrons. The summed E-state index contributed by atoms with van der Waals surface area (Å²) in [7, 11) is 0. The Hall–Kier alpha value is -1.14. The predicted octanol–water partition coefficient (Wildman–Crippen LogP) is 1.41. The highest BCUT2D eigenvalue weighted by atomic mass is 16.2. The molecule has 2 rings (SSSR count). The van der Waals surface area contributed by atoms with Crippen LogP contribution in [-0.4, -0.2) is 84.4 Å². The van der Waals surface area contributed by atoms with Crippen LogP contribution in [0.25, 0.3) is 0 Å². The molecule has 2 amide bonds. The van der Waals surface area contributed by atoms with Crippen LogP contribution in [0, 0.1) is 11.8 Å². The van der Waals surface area contributed by atoms with E-state index in [1.54, 1.807) is 0 Å². The van der Waals surface area contributed by atoms with Crippen LogP contribution in [0.4, 0.5) is 0 Å². The Morgan fingerprint density at radius 1 is 0.962 bits per heavy atom. The van der Waals surface area contributed by atoms with Crippen LogP contribution in [0.2, 0.25) is 0 Å². The molecule has 6 nitrogen and oxygen atoms in total. The van der Waals surface area contributed by atoms with E-state index in [0.29, 0.717) is 24.4 Å². The molecule has 0 bridgehead atoms. The quantitative estimate of drug-likeness (QED) is 0.670. The van der Waals surface area contributed by atoms with Gasteiger partial charge in [0, 0.05) is 45.3 Å². The number of hydrogen-bond acceptors (Lipinski definition) is 4. The lowest BCUT2D eigenvalue weighted by molar-refractivity contribution is -0.134. The van der Waals surface area contributed by atoms with E-state index in [0.717, 1.165) is 52.1 Å². The zero-order chi connectivity index (χ0) is 19.3. The first-order valence-corrected chi connectivity index (χ1v) is 10.3. The van der Waals surface area contributed by atoms with Crippen molar-refractivity contribution in [2.24, 2.45) is 11.8 Å². The van der Waals surface area contributed by atoms with Gasteiger partial charge in [-0.2, -0.15) is 0 Å². The molecular formula is C20H38N4O2. The third-order valence-electron chi connectivity index (χ3n) is 5.14. The number of nitrogens with one attached hydrogen (secondary N) is 1. The smallest absolute Gasteiger partial charge is 0.237 e. The van der Waals surface area contributed by atoms with Gasteiger partial charge in [-0.25, -0.2) is 0 Å². The van der Waals surface area contributed by atoms with Crippen LogP contribution < -0.4 is 5.32 Å². The van der Waals surface area contributed by atoms with Crippen LogP contribution in [0.5, 0.6) is 0 Å². The van der Waals surface area contributed by atoms with Crippen LogP contribution in [0.15, 0.2) is 0 Å². The Kier molecular flexibility index (Phi) is 7.89. The van der Waals surface area contributed by atoms with Crippen molar-refractivity contribution in [3.63, 3.8) is 0 Å². The summed E-state index contributed by atoms with van der Waals surface area (Å²) in [6.45, 7) is 16.2. The Morgan fingerprint density at radius 2 is 1.50 bits per heavy atom. The molecule has 1 saturated carbocycles.